The average Bonchev–Trinajstić information content (AvgIpc) is 3.30. The molecule has 0 bridgehead atoms. The zero-order valence-electron chi connectivity index (χ0n) is 22.1. The molecule has 5 rings (SSSR count). The summed E-state index contributed by atoms with van der Waals surface area (Å²) in [4.78, 5) is 12.4. The summed E-state index contributed by atoms with van der Waals surface area (Å²) in [5.41, 5.74) is 5.69. The summed E-state index contributed by atoms with van der Waals surface area (Å²) in [7, 11) is 0. The molecule has 2 aromatic heterocycles. The second kappa shape index (κ2) is 11.3. The number of aromatic nitrogens is 3. The maximum absolute atomic E-state index is 12.4. The number of hydrogen-bond donors (Lipinski definition) is 0. The third kappa shape index (κ3) is 5.53. The van der Waals surface area contributed by atoms with E-state index in [1.807, 2.05) is 55.5 Å². The van der Waals surface area contributed by atoms with Gasteiger partial charge in [-0.15, -0.1) is 10.2 Å². The molecule has 194 valence electrons. The minimum absolute atomic E-state index is 0.345. The van der Waals surface area contributed by atoms with Gasteiger partial charge in [-0.1, -0.05) is 55.9 Å². The number of fused-ring (bicyclic) bond motifs is 1. The lowest BCUT2D eigenvalue weighted by Gasteiger charge is -2.14. The molecule has 0 saturated heterocycles. The third-order valence-electron chi connectivity index (χ3n) is 6.51. The van der Waals surface area contributed by atoms with Crippen LogP contribution in [0.2, 0.25) is 0 Å². The van der Waals surface area contributed by atoms with E-state index in [0.717, 1.165) is 44.5 Å². The maximum atomic E-state index is 12.4. The van der Waals surface area contributed by atoms with Crippen molar-refractivity contribution in [3.05, 3.63) is 111 Å². The van der Waals surface area contributed by atoms with Crippen molar-refractivity contribution in [2.75, 3.05) is 6.61 Å². The van der Waals surface area contributed by atoms with Crippen molar-refractivity contribution in [2.45, 2.75) is 50.9 Å². The van der Waals surface area contributed by atoms with E-state index < -0.39 is 0 Å². The van der Waals surface area contributed by atoms with Crippen LogP contribution in [0.5, 0.6) is 5.75 Å². The number of rotatable bonds is 9. The minimum atomic E-state index is -0.345. The van der Waals surface area contributed by atoms with Crippen LogP contribution in [-0.2, 0) is 12.2 Å². The molecule has 3 aromatic carbocycles. The Morgan fingerprint density at radius 2 is 1.76 bits per heavy atom. The predicted octanol–water partition coefficient (Wildman–Crippen LogP) is 7.09. The third-order valence-corrected chi connectivity index (χ3v) is 7.48. The molecule has 0 spiro atoms. The van der Waals surface area contributed by atoms with Gasteiger partial charge in [-0.05, 0) is 78.4 Å². The molecule has 0 aliphatic heterocycles. The number of aryl methyl sites for hydroxylation is 1. The van der Waals surface area contributed by atoms with Crippen molar-refractivity contribution in [2.24, 2.45) is 0 Å². The normalized spacial score (nSPS) is 11.4. The molecular weight excluding hydrogens is 494 g/mol. The van der Waals surface area contributed by atoms with Crippen LogP contribution >= 0.6 is 11.8 Å². The Bertz CT molecular complexity index is 1610. The van der Waals surface area contributed by atoms with E-state index in [4.69, 9.17) is 9.15 Å². The van der Waals surface area contributed by atoms with Crippen molar-refractivity contribution in [1.82, 2.24) is 14.8 Å². The van der Waals surface area contributed by atoms with Crippen LogP contribution in [0.4, 0.5) is 0 Å². The lowest BCUT2D eigenvalue weighted by Crippen LogP contribution is -2.05. The van der Waals surface area contributed by atoms with Crippen LogP contribution in [0.15, 0.2) is 87.2 Å². The van der Waals surface area contributed by atoms with E-state index >= 15 is 0 Å². The quantitative estimate of drug-likeness (QED) is 0.151. The topological polar surface area (TPSA) is 70.2 Å². The van der Waals surface area contributed by atoms with E-state index in [1.165, 1.54) is 5.56 Å². The average molecular weight is 526 g/mol. The summed E-state index contributed by atoms with van der Waals surface area (Å²) >= 11 is 1.56. The Morgan fingerprint density at radius 1 is 1.00 bits per heavy atom. The van der Waals surface area contributed by atoms with Crippen LogP contribution in [0.1, 0.15) is 54.8 Å². The zero-order chi connectivity index (χ0) is 26.6. The van der Waals surface area contributed by atoms with Gasteiger partial charge in [-0.25, -0.2) is 4.79 Å². The second-order valence-corrected chi connectivity index (χ2v) is 10.5. The van der Waals surface area contributed by atoms with Crippen molar-refractivity contribution in [1.29, 1.82) is 0 Å². The maximum Gasteiger partial charge on any atom is 0.336 e. The number of thioether (sulfide) groups is 1. The van der Waals surface area contributed by atoms with E-state index in [-0.39, 0.29) is 5.63 Å². The monoisotopic (exact) mass is 525 g/mol. The van der Waals surface area contributed by atoms with Crippen LogP contribution in [-0.4, -0.2) is 21.4 Å². The number of nitrogens with zero attached hydrogens (tertiary/aromatic N) is 3. The lowest BCUT2D eigenvalue weighted by molar-refractivity contribution is 0.340. The first-order valence-electron chi connectivity index (χ1n) is 12.8. The Kier molecular flexibility index (Phi) is 7.65. The van der Waals surface area contributed by atoms with Gasteiger partial charge in [0.2, 0.25) is 0 Å². The lowest BCUT2D eigenvalue weighted by atomic mass is 9.95. The number of hydrogen-bond acceptors (Lipinski definition) is 6. The van der Waals surface area contributed by atoms with Gasteiger partial charge in [-0.3, -0.25) is 4.57 Å². The van der Waals surface area contributed by atoms with Gasteiger partial charge in [0.25, 0.3) is 0 Å². The molecule has 0 amide bonds. The van der Waals surface area contributed by atoms with Gasteiger partial charge in [0.05, 0.1) is 6.61 Å². The highest BCUT2D eigenvalue weighted by molar-refractivity contribution is 7.98. The molecule has 2 heterocycles. The highest BCUT2D eigenvalue weighted by Crippen LogP contribution is 2.32. The molecule has 5 aromatic rings. The molecule has 0 saturated carbocycles. The van der Waals surface area contributed by atoms with Crippen molar-refractivity contribution >= 4 is 22.7 Å². The first kappa shape index (κ1) is 25.8. The second-order valence-electron chi connectivity index (χ2n) is 9.56. The molecule has 0 radical (unpaired) electrons. The van der Waals surface area contributed by atoms with Gasteiger partial charge < -0.3 is 9.15 Å². The standard InChI is InChI=1S/C31H31N3O3S/c1-5-36-25-13-11-24(12-14-25)34-29(16-22-9-7-6-8-10-22)32-33-31(34)38-19-23-17-30(35)37-28-15-21(4)26(20(2)3)18-27(23)28/h6-15,17-18,20H,5,16,19H2,1-4H3. The van der Waals surface area contributed by atoms with E-state index in [2.05, 4.69) is 53.7 Å². The fourth-order valence-electron chi connectivity index (χ4n) is 4.68. The summed E-state index contributed by atoms with van der Waals surface area (Å²) < 4.78 is 13.3. The van der Waals surface area contributed by atoms with Gasteiger partial charge in [0.15, 0.2) is 5.16 Å². The Labute approximate surface area is 226 Å². The van der Waals surface area contributed by atoms with Crippen molar-refractivity contribution in [3.8, 4) is 11.4 Å². The molecule has 0 unspecified atom stereocenters. The van der Waals surface area contributed by atoms with Gasteiger partial charge >= 0.3 is 5.63 Å². The summed E-state index contributed by atoms with van der Waals surface area (Å²) in [5.74, 6) is 2.60. The molecule has 38 heavy (non-hydrogen) atoms. The van der Waals surface area contributed by atoms with E-state index in [9.17, 15) is 4.79 Å². The molecule has 0 fully saturated rings. The SMILES string of the molecule is CCOc1ccc(-n2c(Cc3ccccc3)nnc2SCc2cc(=O)oc3cc(C)c(C(C)C)cc23)cc1. The van der Waals surface area contributed by atoms with E-state index in [0.29, 0.717) is 30.3 Å². The fraction of sp³-hybridized carbons (Fsp3) is 0.258. The van der Waals surface area contributed by atoms with Crippen molar-refractivity contribution < 1.29 is 9.15 Å². The highest BCUT2D eigenvalue weighted by atomic mass is 32.2. The van der Waals surface area contributed by atoms with Gasteiger partial charge in [0, 0.05) is 29.3 Å². The molecule has 6 nitrogen and oxygen atoms in total. The highest BCUT2D eigenvalue weighted by Gasteiger charge is 2.17. The van der Waals surface area contributed by atoms with Crippen molar-refractivity contribution in [3.63, 3.8) is 0 Å². The fourth-order valence-corrected chi connectivity index (χ4v) is 5.64. The molecule has 0 aliphatic carbocycles. The predicted molar refractivity (Wildman–Crippen MR) is 153 cm³/mol. The summed E-state index contributed by atoms with van der Waals surface area (Å²) in [6.07, 6.45) is 0.649. The first-order chi connectivity index (χ1) is 18.4. The smallest absolute Gasteiger partial charge is 0.336 e. The summed E-state index contributed by atoms with van der Waals surface area (Å²) in [6.45, 7) is 9.00. The van der Waals surface area contributed by atoms with Gasteiger partial charge in [0.1, 0.15) is 17.2 Å². The van der Waals surface area contributed by atoms with Gasteiger partial charge in [-0.2, -0.15) is 0 Å². The zero-order valence-corrected chi connectivity index (χ0v) is 22.9. The Morgan fingerprint density at radius 3 is 2.47 bits per heavy atom. The van der Waals surface area contributed by atoms with Crippen LogP contribution in [0, 0.1) is 6.92 Å². The number of ether oxygens (including phenoxy) is 1. The van der Waals surface area contributed by atoms with E-state index in [1.54, 1.807) is 17.8 Å². The molecular formula is C31H31N3O3S. The molecule has 0 atom stereocenters. The largest absolute Gasteiger partial charge is 0.494 e. The van der Waals surface area contributed by atoms with Crippen LogP contribution < -0.4 is 10.4 Å². The van der Waals surface area contributed by atoms with Crippen LogP contribution in [0.25, 0.3) is 16.7 Å². The molecule has 7 heteroatoms. The van der Waals surface area contributed by atoms with Crippen LogP contribution in [0.3, 0.4) is 0 Å². The molecule has 0 N–H and O–H groups in total. The Hall–Kier alpha value is -3.84. The number of benzene rings is 3. The summed E-state index contributed by atoms with van der Waals surface area (Å²) in [5, 5.41) is 10.9. The molecule has 0 aliphatic rings. The minimum Gasteiger partial charge on any atom is -0.494 e. The first-order valence-corrected chi connectivity index (χ1v) is 13.8. The summed E-state index contributed by atoms with van der Waals surface area (Å²) in [6, 6.07) is 24.0. The Balaban J connectivity index is 1.52.